The van der Waals surface area contributed by atoms with Gasteiger partial charge in [0.15, 0.2) is 5.58 Å². The highest BCUT2D eigenvalue weighted by molar-refractivity contribution is 5.84. The van der Waals surface area contributed by atoms with E-state index < -0.39 is 0 Å². The molecule has 3 heterocycles. The number of anilines is 2. The Bertz CT molecular complexity index is 1050. The lowest BCUT2D eigenvalue weighted by molar-refractivity contribution is 0.540. The van der Waals surface area contributed by atoms with Gasteiger partial charge in [0.2, 0.25) is 0 Å². The Kier molecular flexibility index (Phi) is 3.52. The maximum absolute atomic E-state index is 5.91. The molecule has 0 radical (unpaired) electrons. The Morgan fingerprint density at radius 3 is 2.31 bits per heavy atom. The summed E-state index contributed by atoms with van der Waals surface area (Å²) in [5, 5.41) is 1.22. The van der Waals surface area contributed by atoms with Crippen molar-refractivity contribution in [2.75, 3.05) is 36.0 Å². The second-order valence-corrected chi connectivity index (χ2v) is 6.75. The van der Waals surface area contributed by atoms with Gasteiger partial charge >= 0.3 is 0 Å². The number of para-hydroxylation sites is 3. The molecule has 2 aromatic heterocycles. The second-order valence-electron chi connectivity index (χ2n) is 6.75. The predicted molar refractivity (Wildman–Crippen MR) is 105 cm³/mol. The van der Waals surface area contributed by atoms with Gasteiger partial charge in [0, 0.05) is 31.6 Å². The highest BCUT2D eigenvalue weighted by atomic mass is 16.4. The van der Waals surface area contributed by atoms with Gasteiger partial charge in [0.05, 0.1) is 5.52 Å². The SMILES string of the molecule is Cc1cc(N2CCN(c3nc4ccccc4o3)CC2)nc2ccccc12. The summed E-state index contributed by atoms with van der Waals surface area (Å²) in [4.78, 5) is 14.0. The number of rotatable bonds is 2. The van der Waals surface area contributed by atoms with E-state index in [0.29, 0.717) is 6.01 Å². The maximum Gasteiger partial charge on any atom is 0.298 e. The predicted octanol–water partition coefficient (Wildman–Crippen LogP) is 4.01. The monoisotopic (exact) mass is 344 g/mol. The minimum Gasteiger partial charge on any atom is -0.423 e. The van der Waals surface area contributed by atoms with Crippen LogP contribution in [0.4, 0.5) is 11.8 Å². The van der Waals surface area contributed by atoms with Crippen molar-refractivity contribution < 1.29 is 4.42 Å². The molecule has 5 heteroatoms. The van der Waals surface area contributed by atoms with Gasteiger partial charge in [0.1, 0.15) is 11.3 Å². The molecule has 130 valence electrons. The zero-order chi connectivity index (χ0) is 17.5. The first-order valence-electron chi connectivity index (χ1n) is 9.00. The average molecular weight is 344 g/mol. The third-order valence-corrected chi connectivity index (χ3v) is 5.07. The van der Waals surface area contributed by atoms with Crippen LogP contribution in [-0.4, -0.2) is 36.1 Å². The molecular weight excluding hydrogens is 324 g/mol. The second kappa shape index (κ2) is 6.02. The van der Waals surface area contributed by atoms with E-state index in [2.05, 4.69) is 46.0 Å². The number of nitrogens with zero attached hydrogens (tertiary/aromatic N) is 4. The van der Waals surface area contributed by atoms with E-state index in [-0.39, 0.29) is 0 Å². The molecular formula is C21H20N4O. The van der Waals surface area contributed by atoms with Crippen molar-refractivity contribution in [2.24, 2.45) is 0 Å². The van der Waals surface area contributed by atoms with Crippen molar-refractivity contribution in [3.63, 3.8) is 0 Å². The molecule has 0 atom stereocenters. The number of benzene rings is 2. The van der Waals surface area contributed by atoms with Crippen molar-refractivity contribution in [1.82, 2.24) is 9.97 Å². The van der Waals surface area contributed by atoms with Crippen molar-refractivity contribution in [3.8, 4) is 0 Å². The number of fused-ring (bicyclic) bond motifs is 2. The van der Waals surface area contributed by atoms with Gasteiger partial charge in [-0.2, -0.15) is 4.98 Å². The summed E-state index contributed by atoms with van der Waals surface area (Å²) in [6, 6.07) is 19.1. The summed E-state index contributed by atoms with van der Waals surface area (Å²) >= 11 is 0. The Labute approximate surface area is 151 Å². The first-order chi connectivity index (χ1) is 12.8. The molecule has 0 spiro atoms. The van der Waals surface area contributed by atoms with Gasteiger partial charge in [-0.3, -0.25) is 0 Å². The largest absolute Gasteiger partial charge is 0.423 e. The smallest absolute Gasteiger partial charge is 0.298 e. The first kappa shape index (κ1) is 15.2. The molecule has 0 bridgehead atoms. The fraction of sp³-hybridized carbons (Fsp3) is 0.238. The molecule has 0 saturated carbocycles. The van der Waals surface area contributed by atoms with E-state index in [1.165, 1.54) is 10.9 Å². The zero-order valence-electron chi connectivity index (χ0n) is 14.7. The minimum absolute atomic E-state index is 0.716. The fourth-order valence-electron chi connectivity index (χ4n) is 3.62. The number of aromatic nitrogens is 2. The normalized spacial score (nSPS) is 15.1. The molecule has 0 amide bonds. The quantitative estimate of drug-likeness (QED) is 0.550. The van der Waals surface area contributed by atoms with Crippen molar-refractivity contribution in [1.29, 1.82) is 0 Å². The number of oxazole rings is 1. The molecule has 1 aliphatic heterocycles. The summed E-state index contributed by atoms with van der Waals surface area (Å²) in [5.41, 5.74) is 4.09. The van der Waals surface area contributed by atoms with Crippen LogP contribution in [0.1, 0.15) is 5.56 Å². The number of hydrogen-bond donors (Lipinski definition) is 0. The number of piperazine rings is 1. The van der Waals surface area contributed by atoms with E-state index in [9.17, 15) is 0 Å². The number of pyridine rings is 1. The van der Waals surface area contributed by atoms with Crippen LogP contribution in [0.3, 0.4) is 0 Å². The Morgan fingerprint density at radius 1 is 0.808 bits per heavy atom. The third-order valence-electron chi connectivity index (χ3n) is 5.07. The van der Waals surface area contributed by atoms with E-state index in [4.69, 9.17) is 9.40 Å². The van der Waals surface area contributed by atoms with Crippen LogP contribution in [0.25, 0.3) is 22.0 Å². The van der Waals surface area contributed by atoms with Gasteiger partial charge in [0.25, 0.3) is 6.01 Å². The van der Waals surface area contributed by atoms with Crippen molar-refractivity contribution in [2.45, 2.75) is 6.92 Å². The highest BCUT2D eigenvalue weighted by Crippen LogP contribution is 2.26. The van der Waals surface area contributed by atoms with Crippen LogP contribution in [0, 0.1) is 6.92 Å². The van der Waals surface area contributed by atoms with E-state index in [1.54, 1.807) is 0 Å². The molecule has 0 N–H and O–H groups in total. The molecule has 5 nitrogen and oxygen atoms in total. The maximum atomic E-state index is 5.91. The Hall–Kier alpha value is -3.08. The van der Waals surface area contributed by atoms with Crippen LogP contribution >= 0.6 is 0 Å². The van der Waals surface area contributed by atoms with E-state index in [0.717, 1.165) is 48.6 Å². The molecule has 26 heavy (non-hydrogen) atoms. The molecule has 1 saturated heterocycles. The lowest BCUT2D eigenvalue weighted by Gasteiger charge is -2.34. The van der Waals surface area contributed by atoms with Crippen molar-refractivity contribution >= 4 is 33.8 Å². The van der Waals surface area contributed by atoms with Crippen LogP contribution in [0.2, 0.25) is 0 Å². The van der Waals surface area contributed by atoms with Crippen LogP contribution in [-0.2, 0) is 0 Å². The average Bonchev–Trinajstić information content (AvgIpc) is 3.12. The summed E-state index contributed by atoms with van der Waals surface area (Å²) in [5.74, 6) is 1.05. The number of aryl methyl sites for hydroxylation is 1. The van der Waals surface area contributed by atoms with Crippen LogP contribution in [0.15, 0.2) is 59.0 Å². The molecule has 1 aliphatic rings. The molecule has 0 aliphatic carbocycles. The van der Waals surface area contributed by atoms with Crippen molar-refractivity contribution in [3.05, 3.63) is 60.2 Å². The molecule has 0 unspecified atom stereocenters. The third kappa shape index (κ3) is 2.56. The van der Waals surface area contributed by atoms with E-state index >= 15 is 0 Å². The number of hydrogen-bond acceptors (Lipinski definition) is 5. The molecule has 2 aromatic carbocycles. The van der Waals surface area contributed by atoms with Gasteiger partial charge in [-0.25, -0.2) is 4.98 Å². The Balaban J connectivity index is 1.37. The van der Waals surface area contributed by atoms with E-state index in [1.807, 2.05) is 30.3 Å². The molecule has 5 rings (SSSR count). The first-order valence-corrected chi connectivity index (χ1v) is 9.00. The van der Waals surface area contributed by atoms with Crippen LogP contribution < -0.4 is 9.80 Å². The Morgan fingerprint density at radius 2 is 1.50 bits per heavy atom. The molecule has 4 aromatic rings. The lowest BCUT2D eigenvalue weighted by atomic mass is 10.1. The van der Waals surface area contributed by atoms with Gasteiger partial charge in [-0.1, -0.05) is 30.3 Å². The summed E-state index contributed by atoms with van der Waals surface area (Å²) in [6.45, 7) is 5.72. The highest BCUT2D eigenvalue weighted by Gasteiger charge is 2.22. The summed E-state index contributed by atoms with van der Waals surface area (Å²) in [7, 11) is 0. The zero-order valence-corrected chi connectivity index (χ0v) is 14.7. The minimum atomic E-state index is 0.716. The van der Waals surface area contributed by atoms with Crippen LogP contribution in [0.5, 0.6) is 0 Å². The van der Waals surface area contributed by atoms with Gasteiger partial charge in [-0.05, 0) is 36.8 Å². The lowest BCUT2D eigenvalue weighted by Crippen LogP contribution is -2.47. The summed E-state index contributed by atoms with van der Waals surface area (Å²) in [6.07, 6.45) is 0. The topological polar surface area (TPSA) is 45.4 Å². The van der Waals surface area contributed by atoms with Gasteiger partial charge < -0.3 is 14.2 Å². The standard InChI is InChI=1S/C21H20N4O/c1-15-14-20(22-17-7-3-2-6-16(15)17)24-10-12-25(13-11-24)21-23-18-8-4-5-9-19(18)26-21/h2-9,14H,10-13H2,1H3. The van der Waals surface area contributed by atoms with Gasteiger partial charge in [-0.15, -0.1) is 0 Å². The fourth-order valence-corrected chi connectivity index (χ4v) is 3.62. The molecule has 1 fully saturated rings. The summed E-state index contributed by atoms with van der Waals surface area (Å²) < 4.78 is 5.91.